The lowest BCUT2D eigenvalue weighted by molar-refractivity contribution is 0.122. The molecule has 8 nitrogen and oxygen atoms in total. The molecule has 2 aromatic heterocycles. The van der Waals surface area contributed by atoms with Crippen molar-refractivity contribution in [3.05, 3.63) is 60.9 Å². The molecule has 3 N–H and O–H groups in total. The van der Waals surface area contributed by atoms with Gasteiger partial charge in [0, 0.05) is 18.7 Å². The Labute approximate surface area is 219 Å². The van der Waals surface area contributed by atoms with Crippen molar-refractivity contribution in [1.82, 2.24) is 25.1 Å². The zero-order valence-electron chi connectivity index (χ0n) is 22.2. The molecule has 0 bridgehead atoms. The van der Waals surface area contributed by atoms with E-state index in [0.717, 1.165) is 53.3 Å². The highest BCUT2D eigenvalue weighted by atomic mass is 28.4. The summed E-state index contributed by atoms with van der Waals surface area (Å²) in [5.41, 5.74) is 8.81. The van der Waals surface area contributed by atoms with Crippen LogP contribution in [-0.4, -0.2) is 47.3 Å². The van der Waals surface area contributed by atoms with Crippen LogP contribution in [0.15, 0.2) is 60.9 Å². The highest BCUT2D eigenvalue weighted by molar-refractivity contribution is 6.74. The Bertz CT molecular complexity index is 1370. The third kappa shape index (κ3) is 5.25. The lowest BCUT2D eigenvalue weighted by atomic mass is 10.1. The topological polar surface area (TPSA) is 100 Å². The van der Waals surface area contributed by atoms with Crippen LogP contribution in [0.2, 0.25) is 18.1 Å². The van der Waals surface area contributed by atoms with Crippen molar-refractivity contribution in [3.63, 3.8) is 0 Å². The molecule has 37 heavy (non-hydrogen) atoms. The number of fused-ring (bicyclic) bond motifs is 1. The lowest BCUT2D eigenvalue weighted by Gasteiger charge is -2.41. The van der Waals surface area contributed by atoms with Crippen molar-refractivity contribution in [2.75, 3.05) is 18.8 Å². The average molecular weight is 517 g/mol. The number of nitrogens with zero attached hydrogens (tertiary/aromatic N) is 4. The smallest absolute Gasteiger partial charge is 0.192 e. The van der Waals surface area contributed by atoms with Gasteiger partial charge in [-0.2, -0.15) is 5.10 Å². The first-order chi connectivity index (χ1) is 17.6. The molecule has 1 aliphatic rings. The van der Waals surface area contributed by atoms with Crippen molar-refractivity contribution in [1.29, 1.82) is 0 Å². The Morgan fingerprint density at radius 2 is 1.68 bits per heavy atom. The van der Waals surface area contributed by atoms with Gasteiger partial charge in [-0.15, -0.1) is 0 Å². The second kappa shape index (κ2) is 9.89. The van der Waals surface area contributed by atoms with Crippen LogP contribution >= 0.6 is 0 Å². The van der Waals surface area contributed by atoms with Crippen molar-refractivity contribution >= 4 is 25.2 Å². The number of nitrogen functional groups attached to an aromatic ring is 1. The molecule has 1 fully saturated rings. The van der Waals surface area contributed by atoms with E-state index in [9.17, 15) is 0 Å². The maximum atomic E-state index is 6.75. The molecule has 1 aliphatic heterocycles. The summed E-state index contributed by atoms with van der Waals surface area (Å²) in [6.07, 6.45) is 2.50. The molecule has 3 heterocycles. The normalized spacial score (nSPS) is 18.7. The van der Waals surface area contributed by atoms with Gasteiger partial charge in [0.05, 0.1) is 17.5 Å². The van der Waals surface area contributed by atoms with Crippen LogP contribution in [0.25, 0.3) is 22.3 Å². The monoisotopic (exact) mass is 516 g/mol. The van der Waals surface area contributed by atoms with Crippen molar-refractivity contribution < 1.29 is 9.16 Å². The van der Waals surface area contributed by atoms with Crippen LogP contribution in [0.5, 0.6) is 11.5 Å². The third-order valence-corrected chi connectivity index (χ3v) is 12.1. The summed E-state index contributed by atoms with van der Waals surface area (Å²) in [5, 5.41) is 9.53. The number of para-hydroxylation sites is 1. The molecule has 0 saturated carbocycles. The number of benzene rings is 2. The summed E-state index contributed by atoms with van der Waals surface area (Å²) in [6.45, 7) is 13.1. The molecule has 0 unspecified atom stereocenters. The fourth-order valence-corrected chi connectivity index (χ4v) is 5.87. The van der Waals surface area contributed by atoms with Crippen molar-refractivity contribution in [3.8, 4) is 22.8 Å². The molecule has 9 heteroatoms. The summed E-state index contributed by atoms with van der Waals surface area (Å²) < 4.78 is 14.7. The molecule has 5 rings (SSSR count). The minimum atomic E-state index is -1.89. The number of rotatable bonds is 6. The number of hydrogen-bond donors (Lipinski definition) is 2. The van der Waals surface area contributed by atoms with Crippen LogP contribution in [0.4, 0.5) is 5.82 Å². The molecule has 4 aromatic rings. The number of piperidine rings is 1. The highest BCUT2D eigenvalue weighted by Crippen LogP contribution is 2.39. The van der Waals surface area contributed by atoms with Crippen molar-refractivity contribution in [2.45, 2.75) is 57.5 Å². The molecule has 0 radical (unpaired) electrons. The number of aromatic nitrogens is 4. The van der Waals surface area contributed by atoms with Gasteiger partial charge in [-0.05, 0) is 61.0 Å². The van der Waals surface area contributed by atoms with Gasteiger partial charge in [-0.1, -0.05) is 39.0 Å². The average Bonchev–Trinajstić information content (AvgIpc) is 3.25. The molecule has 2 atom stereocenters. The molecule has 0 spiro atoms. The quantitative estimate of drug-likeness (QED) is 0.313. The Kier molecular flexibility index (Phi) is 6.78. The fourth-order valence-electron chi connectivity index (χ4n) is 4.51. The third-order valence-electron chi connectivity index (χ3n) is 7.53. The minimum absolute atomic E-state index is 0.0924. The van der Waals surface area contributed by atoms with E-state index in [2.05, 4.69) is 49.1 Å². The van der Waals surface area contributed by atoms with E-state index in [0.29, 0.717) is 5.82 Å². The summed E-state index contributed by atoms with van der Waals surface area (Å²) >= 11 is 0. The summed E-state index contributed by atoms with van der Waals surface area (Å²) in [5.74, 6) is 1.97. The number of nitrogens with one attached hydrogen (secondary N) is 1. The van der Waals surface area contributed by atoms with Crippen LogP contribution in [0.1, 0.15) is 33.2 Å². The first kappa shape index (κ1) is 25.4. The van der Waals surface area contributed by atoms with E-state index in [-0.39, 0.29) is 17.2 Å². The number of anilines is 1. The molecular weight excluding hydrogens is 480 g/mol. The minimum Gasteiger partial charge on any atom is -0.457 e. The second-order valence-electron chi connectivity index (χ2n) is 11.2. The van der Waals surface area contributed by atoms with Gasteiger partial charge in [0.2, 0.25) is 0 Å². The van der Waals surface area contributed by atoms with Gasteiger partial charge < -0.3 is 20.2 Å². The van der Waals surface area contributed by atoms with E-state index in [1.807, 2.05) is 59.3 Å². The summed E-state index contributed by atoms with van der Waals surface area (Å²) in [6, 6.07) is 17.7. The SMILES string of the molecule is CC(C)(C)[Si](C)(C)O[C@H]1CNC[C@H](n2nc(-c3ccc(Oc4ccccc4)cc3)c3c(N)ncnc32)C1. The molecule has 1 saturated heterocycles. The van der Waals surface area contributed by atoms with E-state index < -0.39 is 8.32 Å². The van der Waals surface area contributed by atoms with Crippen LogP contribution in [-0.2, 0) is 4.43 Å². The highest BCUT2D eigenvalue weighted by Gasteiger charge is 2.40. The van der Waals surface area contributed by atoms with E-state index in [1.165, 1.54) is 6.33 Å². The van der Waals surface area contributed by atoms with Crippen LogP contribution in [0.3, 0.4) is 0 Å². The van der Waals surface area contributed by atoms with Gasteiger partial charge in [-0.25, -0.2) is 14.6 Å². The number of ether oxygens (including phenoxy) is 1. The van der Waals surface area contributed by atoms with Crippen LogP contribution in [0, 0.1) is 0 Å². The Hall–Kier alpha value is -3.27. The summed E-state index contributed by atoms with van der Waals surface area (Å²) in [7, 11) is -1.89. The molecule has 2 aromatic carbocycles. The molecule has 0 amide bonds. The zero-order chi connectivity index (χ0) is 26.2. The van der Waals surface area contributed by atoms with Crippen molar-refractivity contribution in [2.24, 2.45) is 0 Å². The molecule has 194 valence electrons. The first-order valence-corrected chi connectivity index (χ1v) is 15.7. The van der Waals surface area contributed by atoms with E-state index in [1.54, 1.807) is 0 Å². The van der Waals surface area contributed by atoms with E-state index in [4.69, 9.17) is 20.0 Å². The standard InChI is InChI=1S/C28H36N6O2Si/c1-28(2,3)37(4,5)36-23-15-20(16-30-17-23)34-27-24(26(29)31-18-32-27)25(33-34)19-11-13-22(14-12-19)35-21-9-7-6-8-10-21/h6-14,18,20,23,30H,15-17H2,1-5H3,(H2,29,31,32)/t20-,23-/m1/s1. The predicted molar refractivity (Wildman–Crippen MR) is 150 cm³/mol. The predicted octanol–water partition coefficient (Wildman–Crippen LogP) is 5.79. The maximum absolute atomic E-state index is 6.75. The number of nitrogens with two attached hydrogens (primary N) is 1. The largest absolute Gasteiger partial charge is 0.457 e. The van der Waals surface area contributed by atoms with Crippen LogP contribution < -0.4 is 15.8 Å². The Morgan fingerprint density at radius 1 is 0.973 bits per heavy atom. The van der Waals surface area contributed by atoms with Gasteiger partial charge in [0.15, 0.2) is 14.0 Å². The molecule has 0 aliphatic carbocycles. The molecular formula is C28H36N6O2Si. The fraction of sp³-hybridized carbons (Fsp3) is 0.393. The first-order valence-electron chi connectivity index (χ1n) is 12.8. The van der Waals surface area contributed by atoms with Gasteiger partial charge >= 0.3 is 0 Å². The van der Waals surface area contributed by atoms with Gasteiger partial charge in [-0.3, -0.25) is 0 Å². The summed E-state index contributed by atoms with van der Waals surface area (Å²) in [4.78, 5) is 8.87. The van der Waals surface area contributed by atoms with Gasteiger partial charge in [0.1, 0.15) is 29.3 Å². The number of hydrogen-bond acceptors (Lipinski definition) is 7. The zero-order valence-corrected chi connectivity index (χ0v) is 23.2. The lowest BCUT2D eigenvalue weighted by Crippen LogP contribution is -2.50. The van der Waals surface area contributed by atoms with Gasteiger partial charge in [0.25, 0.3) is 0 Å². The maximum Gasteiger partial charge on any atom is 0.192 e. The Morgan fingerprint density at radius 3 is 2.38 bits per heavy atom. The second-order valence-corrected chi connectivity index (χ2v) is 16.0. The van der Waals surface area contributed by atoms with E-state index >= 15 is 0 Å². The Balaban J connectivity index is 1.44.